The smallest absolute Gasteiger partial charge is 0.0843 e. The molecule has 0 atom stereocenters. The molecule has 0 aromatic heterocycles. The van der Waals surface area contributed by atoms with Crippen LogP contribution in [-0.4, -0.2) is 5.11 Å². The van der Waals surface area contributed by atoms with Crippen LogP contribution in [-0.2, 0) is 5.60 Å². The second-order valence-electron chi connectivity index (χ2n) is 3.22. The highest BCUT2D eigenvalue weighted by molar-refractivity contribution is 5.29. The number of aryl methyl sites for hydroxylation is 1. The number of hydrogen-bond donors (Lipinski definition) is 1. The topological polar surface area (TPSA) is 20.2 Å². The van der Waals surface area contributed by atoms with E-state index in [0.717, 1.165) is 11.1 Å². The van der Waals surface area contributed by atoms with Gasteiger partial charge in [-0.2, -0.15) is 0 Å². The zero-order chi connectivity index (χ0) is 9.19. The van der Waals surface area contributed by atoms with Crippen molar-refractivity contribution in [3.8, 4) is 0 Å². The second kappa shape index (κ2) is 2.67. The number of aliphatic hydroxyl groups is 1. The molecule has 0 spiro atoms. The summed E-state index contributed by atoms with van der Waals surface area (Å²) in [5.41, 5.74) is 0.905. The molecular weight excluding hydrogens is 136 g/mol. The molecule has 0 amide bonds. The molecule has 1 N–H and O–H groups in total. The summed E-state index contributed by atoms with van der Waals surface area (Å²) in [5, 5.41) is 9.72. The Kier molecular flexibility index (Phi) is 1.66. The van der Waals surface area contributed by atoms with Crippen molar-refractivity contribution in [3.63, 3.8) is 0 Å². The SMILES string of the molecule is [2H]Cc1ccccc1C(C)(C)O. The van der Waals surface area contributed by atoms with Gasteiger partial charge in [-0.05, 0) is 31.9 Å². The van der Waals surface area contributed by atoms with Crippen molar-refractivity contribution in [2.45, 2.75) is 26.3 Å². The minimum Gasteiger partial charge on any atom is -0.386 e. The first-order chi connectivity index (χ1) is 5.55. The Hall–Kier alpha value is -0.820. The van der Waals surface area contributed by atoms with Crippen molar-refractivity contribution in [1.82, 2.24) is 0 Å². The average molecular weight is 151 g/mol. The van der Waals surface area contributed by atoms with E-state index in [4.69, 9.17) is 1.37 Å². The molecule has 1 nitrogen and oxygen atoms in total. The molecule has 1 heteroatoms. The van der Waals surface area contributed by atoms with Crippen molar-refractivity contribution in [2.24, 2.45) is 0 Å². The fourth-order valence-corrected chi connectivity index (χ4v) is 1.12. The molecule has 1 rings (SSSR count). The van der Waals surface area contributed by atoms with Gasteiger partial charge in [-0.25, -0.2) is 0 Å². The van der Waals surface area contributed by atoms with Gasteiger partial charge >= 0.3 is 0 Å². The molecule has 0 fully saturated rings. The molecule has 0 unspecified atom stereocenters. The molecule has 60 valence electrons. The zero-order valence-corrected chi connectivity index (χ0v) is 6.96. The van der Waals surface area contributed by atoms with E-state index in [1.54, 1.807) is 13.8 Å². The lowest BCUT2D eigenvalue weighted by Gasteiger charge is -2.19. The van der Waals surface area contributed by atoms with Crippen LogP contribution < -0.4 is 0 Å². The lowest BCUT2D eigenvalue weighted by atomic mass is 9.94. The summed E-state index contributed by atoms with van der Waals surface area (Å²) in [5.74, 6) is 0. The molecule has 11 heavy (non-hydrogen) atoms. The predicted octanol–water partition coefficient (Wildman–Crippen LogP) is 2.22. The first kappa shape index (κ1) is 6.86. The van der Waals surface area contributed by atoms with Crippen LogP contribution in [0.5, 0.6) is 0 Å². The summed E-state index contributed by atoms with van der Waals surface area (Å²) >= 11 is 0. The highest BCUT2D eigenvalue weighted by Gasteiger charge is 2.16. The normalized spacial score (nSPS) is 12.8. The Morgan fingerprint density at radius 1 is 1.36 bits per heavy atom. The average Bonchev–Trinajstić information content (AvgIpc) is 2.03. The monoisotopic (exact) mass is 151 g/mol. The van der Waals surface area contributed by atoms with Crippen molar-refractivity contribution in [2.75, 3.05) is 0 Å². The maximum Gasteiger partial charge on any atom is 0.0843 e. The van der Waals surface area contributed by atoms with E-state index in [1.807, 2.05) is 24.3 Å². The van der Waals surface area contributed by atoms with Gasteiger partial charge in [-0.3, -0.25) is 0 Å². The van der Waals surface area contributed by atoms with Gasteiger partial charge < -0.3 is 5.11 Å². The van der Waals surface area contributed by atoms with Crippen LogP contribution >= 0.6 is 0 Å². The van der Waals surface area contributed by atoms with Gasteiger partial charge in [0, 0.05) is 1.37 Å². The molecule has 0 aliphatic carbocycles. The first-order valence-corrected chi connectivity index (χ1v) is 3.65. The standard InChI is InChI=1S/C10H14O/c1-8-6-4-5-7-9(8)10(2,3)11/h4-7,11H,1-3H3/i1D. The van der Waals surface area contributed by atoms with E-state index >= 15 is 0 Å². The number of rotatable bonds is 1. The molecule has 0 saturated heterocycles. The Morgan fingerprint density at radius 2 is 2.00 bits per heavy atom. The van der Waals surface area contributed by atoms with Gasteiger partial charge in [0.15, 0.2) is 0 Å². The van der Waals surface area contributed by atoms with Crippen LogP contribution in [0.15, 0.2) is 24.3 Å². The molecule has 0 saturated carbocycles. The summed E-state index contributed by atoms with van der Waals surface area (Å²) in [4.78, 5) is 0. The largest absolute Gasteiger partial charge is 0.386 e. The van der Waals surface area contributed by atoms with Crippen LogP contribution in [0.4, 0.5) is 0 Å². The van der Waals surface area contributed by atoms with Gasteiger partial charge in [0.1, 0.15) is 0 Å². The quantitative estimate of drug-likeness (QED) is 0.652. The van der Waals surface area contributed by atoms with Gasteiger partial charge in [0.05, 0.1) is 5.60 Å². The zero-order valence-electron chi connectivity index (χ0n) is 7.96. The first-order valence-electron chi connectivity index (χ1n) is 4.36. The molecule has 0 aliphatic heterocycles. The van der Waals surface area contributed by atoms with Crippen LogP contribution in [0.2, 0.25) is 0 Å². The number of hydrogen-bond acceptors (Lipinski definition) is 1. The van der Waals surface area contributed by atoms with E-state index in [0.29, 0.717) is 0 Å². The van der Waals surface area contributed by atoms with Gasteiger partial charge in [0.25, 0.3) is 0 Å². The third-order valence-electron chi connectivity index (χ3n) is 1.68. The Balaban J connectivity index is 3.14. The van der Waals surface area contributed by atoms with E-state index in [2.05, 4.69) is 0 Å². The summed E-state index contributed by atoms with van der Waals surface area (Å²) < 4.78 is 7.25. The third kappa shape index (κ3) is 1.81. The van der Waals surface area contributed by atoms with Gasteiger partial charge in [-0.1, -0.05) is 24.3 Å². The van der Waals surface area contributed by atoms with Crippen LogP contribution in [0, 0.1) is 6.90 Å². The Labute approximate surface area is 69.1 Å². The van der Waals surface area contributed by atoms with E-state index < -0.39 is 5.60 Å². The van der Waals surface area contributed by atoms with Gasteiger partial charge in [0.2, 0.25) is 0 Å². The van der Waals surface area contributed by atoms with Gasteiger partial charge in [-0.15, -0.1) is 0 Å². The fourth-order valence-electron chi connectivity index (χ4n) is 1.12. The lowest BCUT2D eigenvalue weighted by molar-refractivity contribution is 0.0779. The second-order valence-corrected chi connectivity index (χ2v) is 3.22. The molecule has 0 radical (unpaired) electrons. The van der Waals surface area contributed by atoms with Crippen molar-refractivity contribution >= 4 is 0 Å². The van der Waals surface area contributed by atoms with Crippen molar-refractivity contribution in [1.29, 1.82) is 0 Å². The molecule has 1 aromatic rings. The molecule has 0 heterocycles. The minimum absolute atomic E-state index is 0.222. The van der Waals surface area contributed by atoms with Crippen molar-refractivity contribution in [3.05, 3.63) is 35.4 Å². The van der Waals surface area contributed by atoms with Crippen molar-refractivity contribution < 1.29 is 6.48 Å². The highest BCUT2D eigenvalue weighted by Crippen LogP contribution is 2.22. The summed E-state index contributed by atoms with van der Waals surface area (Å²) in [6.45, 7) is 3.70. The number of benzene rings is 1. The van der Waals surface area contributed by atoms with E-state index in [1.165, 1.54) is 0 Å². The van der Waals surface area contributed by atoms with Crippen LogP contribution in [0.3, 0.4) is 0 Å². The van der Waals surface area contributed by atoms with Crippen LogP contribution in [0.25, 0.3) is 0 Å². The molecule has 0 bridgehead atoms. The summed E-state index contributed by atoms with van der Waals surface area (Å²) in [6.07, 6.45) is 0. The van der Waals surface area contributed by atoms with E-state index in [-0.39, 0.29) is 6.90 Å². The van der Waals surface area contributed by atoms with Crippen LogP contribution in [0.1, 0.15) is 26.3 Å². The molecule has 0 aliphatic rings. The highest BCUT2D eigenvalue weighted by atomic mass is 16.3. The molecular formula is C10H14O. The summed E-state index contributed by atoms with van der Waals surface area (Å²) in [6, 6.07) is 7.51. The minimum atomic E-state index is -0.836. The fraction of sp³-hybridized carbons (Fsp3) is 0.400. The maximum atomic E-state index is 9.72. The lowest BCUT2D eigenvalue weighted by Crippen LogP contribution is -2.16. The Morgan fingerprint density at radius 3 is 2.45 bits per heavy atom. The predicted molar refractivity (Wildman–Crippen MR) is 46.4 cm³/mol. The Bertz CT molecular complexity index is 263. The maximum absolute atomic E-state index is 9.72. The summed E-state index contributed by atoms with van der Waals surface area (Å²) in [7, 11) is 0. The molecule has 1 aromatic carbocycles. The van der Waals surface area contributed by atoms with E-state index in [9.17, 15) is 5.11 Å². The third-order valence-corrected chi connectivity index (χ3v) is 1.68.